The molecule has 112 valence electrons. The van der Waals surface area contributed by atoms with Crippen molar-refractivity contribution >= 4 is 33.5 Å². The van der Waals surface area contributed by atoms with E-state index in [2.05, 4.69) is 31.3 Å². The summed E-state index contributed by atoms with van der Waals surface area (Å²) in [5, 5.41) is 6.05. The molecule has 10 heteroatoms. The van der Waals surface area contributed by atoms with Crippen molar-refractivity contribution in [1.29, 1.82) is 0 Å². The zero-order chi connectivity index (χ0) is 15.6. The molecule has 2 rings (SSSR count). The maximum absolute atomic E-state index is 12.7. The van der Waals surface area contributed by atoms with Gasteiger partial charge in [0.05, 0.1) is 5.56 Å². The summed E-state index contributed by atoms with van der Waals surface area (Å²) < 4.78 is 39.4. The fourth-order valence-electron chi connectivity index (χ4n) is 1.56. The van der Waals surface area contributed by atoms with Gasteiger partial charge in [-0.25, -0.2) is 9.67 Å². The maximum Gasteiger partial charge on any atom is 0.416 e. The predicted octanol–water partition coefficient (Wildman–Crippen LogP) is 2.28. The van der Waals surface area contributed by atoms with Gasteiger partial charge in [0.15, 0.2) is 0 Å². The van der Waals surface area contributed by atoms with Crippen LogP contribution in [0, 0.1) is 0 Å². The van der Waals surface area contributed by atoms with E-state index in [4.69, 9.17) is 5.73 Å². The van der Waals surface area contributed by atoms with E-state index < -0.39 is 17.6 Å². The zero-order valence-corrected chi connectivity index (χ0v) is 11.9. The summed E-state index contributed by atoms with van der Waals surface area (Å²) in [4.78, 5) is 15.4. The number of rotatable bonds is 3. The average molecular weight is 364 g/mol. The van der Waals surface area contributed by atoms with Crippen molar-refractivity contribution in [2.24, 2.45) is 0 Å². The van der Waals surface area contributed by atoms with Crippen molar-refractivity contribution < 1.29 is 18.0 Å². The van der Waals surface area contributed by atoms with E-state index in [0.717, 1.165) is 12.1 Å². The van der Waals surface area contributed by atoms with Crippen LogP contribution in [-0.4, -0.2) is 20.7 Å². The number of amides is 1. The van der Waals surface area contributed by atoms with E-state index in [1.807, 2.05) is 0 Å². The molecule has 0 unspecified atom stereocenters. The number of carbonyl (C=O) groups is 1. The Kier molecular flexibility index (Phi) is 4.16. The van der Waals surface area contributed by atoms with Gasteiger partial charge < -0.3 is 11.1 Å². The van der Waals surface area contributed by atoms with Gasteiger partial charge in [0, 0.05) is 10.2 Å². The number of carbonyl (C=O) groups excluding carboxylic acids is 1. The summed E-state index contributed by atoms with van der Waals surface area (Å²) in [5.41, 5.74) is 4.45. The number of nitrogens with zero attached hydrogens (tertiary/aromatic N) is 3. The van der Waals surface area contributed by atoms with Crippen LogP contribution in [-0.2, 0) is 17.5 Å². The van der Waals surface area contributed by atoms with Crippen LogP contribution in [0.2, 0.25) is 0 Å². The molecule has 1 aromatic heterocycles. The maximum atomic E-state index is 12.7. The molecule has 3 N–H and O–H groups in total. The topological polar surface area (TPSA) is 85.8 Å². The molecule has 0 saturated heterocycles. The number of aromatic nitrogens is 3. The van der Waals surface area contributed by atoms with Crippen LogP contribution in [0.4, 0.5) is 24.8 Å². The Morgan fingerprint density at radius 3 is 2.67 bits per heavy atom. The first kappa shape index (κ1) is 15.3. The summed E-state index contributed by atoms with van der Waals surface area (Å²) in [6, 6.07) is 3.13. The van der Waals surface area contributed by atoms with Crippen LogP contribution in [0.3, 0.4) is 0 Å². The SMILES string of the molecule is Nc1ncn(CC(=O)Nc2cc(Br)cc(C(F)(F)F)c2)n1. The first-order valence-corrected chi connectivity index (χ1v) is 6.36. The molecular formula is C11H9BrF3N5O. The number of hydrogen-bond acceptors (Lipinski definition) is 4. The van der Waals surface area contributed by atoms with E-state index in [1.54, 1.807) is 0 Å². The Labute approximate surface area is 125 Å². The minimum Gasteiger partial charge on any atom is -0.367 e. The van der Waals surface area contributed by atoms with Crippen LogP contribution in [0.5, 0.6) is 0 Å². The quantitative estimate of drug-likeness (QED) is 0.875. The Morgan fingerprint density at radius 2 is 2.10 bits per heavy atom. The summed E-state index contributed by atoms with van der Waals surface area (Å²) in [6.07, 6.45) is -3.25. The minimum atomic E-state index is -4.50. The molecule has 0 fully saturated rings. The van der Waals surface area contributed by atoms with Gasteiger partial charge in [-0.2, -0.15) is 13.2 Å². The molecule has 0 bridgehead atoms. The van der Waals surface area contributed by atoms with Gasteiger partial charge in [-0.05, 0) is 18.2 Å². The van der Waals surface area contributed by atoms with Crippen LogP contribution >= 0.6 is 15.9 Å². The second-order valence-corrected chi connectivity index (χ2v) is 4.99. The van der Waals surface area contributed by atoms with E-state index in [1.165, 1.54) is 17.1 Å². The molecule has 21 heavy (non-hydrogen) atoms. The molecule has 0 saturated carbocycles. The van der Waals surface area contributed by atoms with Gasteiger partial charge in [0.25, 0.3) is 0 Å². The van der Waals surface area contributed by atoms with Crippen LogP contribution in [0.25, 0.3) is 0 Å². The van der Waals surface area contributed by atoms with Gasteiger partial charge in [0.1, 0.15) is 12.9 Å². The normalized spacial score (nSPS) is 11.4. The Balaban J connectivity index is 2.12. The number of nitrogens with two attached hydrogens (primary N) is 1. The van der Waals surface area contributed by atoms with Crippen LogP contribution < -0.4 is 11.1 Å². The summed E-state index contributed by atoms with van der Waals surface area (Å²) in [6.45, 7) is -0.210. The minimum absolute atomic E-state index is 0.00427. The van der Waals surface area contributed by atoms with Crippen molar-refractivity contribution in [3.8, 4) is 0 Å². The number of alkyl halides is 3. The molecule has 1 aromatic carbocycles. The molecule has 1 heterocycles. The fraction of sp³-hybridized carbons (Fsp3) is 0.182. The highest BCUT2D eigenvalue weighted by molar-refractivity contribution is 9.10. The number of anilines is 2. The lowest BCUT2D eigenvalue weighted by Crippen LogP contribution is -2.19. The molecule has 0 atom stereocenters. The molecule has 0 aliphatic rings. The molecule has 1 amide bonds. The van der Waals surface area contributed by atoms with E-state index >= 15 is 0 Å². The third-order valence-corrected chi connectivity index (χ3v) is 2.83. The zero-order valence-electron chi connectivity index (χ0n) is 10.4. The number of halogens is 4. The summed E-state index contributed by atoms with van der Waals surface area (Å²) >= 11 is 2.97. The smallest absolute Gasteiger partial charge is 0.367 e. The molecule has 0 radical (unpaired) electrons. The lowest BCUT2D eigenvalue weighted by atomic mass is 10.2. The highest BCUT2D eigenvalue weighted by Crippen LogP contribution is 2.33. The van der Waals surface area contributed by atoms with E-state index in [0.29, 0.717) is 0 Å². The monoisotopic (exact) mass is 363 g/mol. The van der Waals surface area contributed by atoms with Crippen molar-refractivity contribution in [3.63, 3.8) is 0 Å². The van der Waals surface area contributed by atoms with Crippen LogP contribution in [0.15, 0.2) is 29.0 Å². The third-order valence-electron chi connectivity index (χ3n) is 2.37. The number of nitrogens with one attached hydrogen (secondary N) is 1. The molecule has 6 nitrogen and oxygen atoms in total. The van der Waals surface area contributed by atoms with Crippen molar-refractivity contribution in [1.82, 2.24) is 14.8 Å². The Hall–Kier alpha value is -2.10. The third kappa shape index (κ3) is 4.18. The standard InChI is InChI=1S/C11H9BrF3N5O/c12-7-1-6(11(13,14)15)2-8(3-7)18-9(21)4-20-5-17-10(16)19-20/h1-3,5H,4H2,(H2,16,19)(H,18,21). The molecule has 0 aliphatic heterocycles. The lowest BCUT2D eigenvalue weighted by molar-refractivity contribution is -0.137. The van der Waals surface area contributed by atoms with Gasteiger partial charge >= 0.3 is 6.18 Å². The van der Waals surface area contributed by atoms with Crippen molar-refractivity contribution in [3.05, 3.63) is 34.6 Å². The second kappa shape index (κ2) is 5.72. The van der Waals surface area contributed by atoms with Gasteiger partial charge in [-0.1, -0.05) is 15.9 Å². The highest BCUT2D eigenvalue weighted by atomic mass is 79.9. The Morgan fingerprint density at radius 1 is 1.38 bits per heavy atom. The number of nitrogen functional groups attached to an aromatic ring is 1. The van der Waals surface area contributed by atoms with Crippen molar-refractivity contribution in [2.45, 2.75) is 12.7 Å². The van der Waals surface area contributed by atoms with Gasteiger partial charge in [-0.15, -0.1) is 5.10 Å². The van der Waals surface area contributed by atoms with E-state index in [9.17, 15) is 18.0 Å². The highest BCUT2D eigenvalue weighted by Gasteiger charge is 2.31. The van der Waals surface area contributed by atoms with Crippen LogP contribution in [0.1, 0.15) is 5.56 Å². The Bertz CT molecular complexity index is 670. The van der Waals surface area contributed by atoms with Gasteiger partial charge in [0.2, 0.25) is 11.9 Å². The molecule has 0 spiro atoms. The van der Waals surface area contributed by atoms with Crippen molar-refractivity contribution in [2.75, 3.05) is 11.1 Å². The first-order valence-electron chi connectivity index (χ1n) is 5.56. The lowest BCUT2D eigenvalue weighted by Gasteiger charge is -2.11. The molecular weight excluding hydrogens is 355 g/mol. The summed E-state index contributed by atoms with van der Waals surface area (Å²) in [5.74, 6) is -0.546. The largest absolute Gasteiger partial charge is 0.416 e. The number of benzene rings is 1. The summed E-state index contributed by atoms with van der Waals surface area (Å²) in [7, 11) is 0. The fourth-order valence-corrected chi connectivity index (χ4v) is 2.05. The van der Waals surface area contributed by atoms with E-state index in [-0.39, 0.29) is 22.7 Å². The molecule has 0 aliphatic carbocycles. The molecule has 2 aromatic rings. The van der Waals surface area contributed by atoms with Gasteiger partial charge in [-0.3, -0.25) is 4.79 Å². The average Bonchev–Trinajstić information content (AvgIpc) is 2.72. The first-order chi connectivity index (χ1) is 9.74. The second-order valence-electron chi connectivity index (χ2n) is 4.07. The number of hydrogen-bond donors (Lipinski definition) is 2. The predicted molar refractivity (Wildman–Crippen MR) is 72.2 cm³/mol.